The van der Waals surface area contributed by atoms with Gasteiger partial charge in [0.05, 0.1) is 6.42 Å². The predicted octanol–water partition coefficient (Wildman–Crippen LogP) is 2.95. The first kappa shape index (κ1) is 16.7. The molecule has 5 heteroatoms. The molecule has 0 aliphatic heterocycles. The fraction of sp³-hybridized carbons (Fsp3) is 0.222. The monoisotopic (exact) mass is 314 g/mol. The van der Waals surface area contributed by atoms with Crippen molar-refractivity contribution in [3.63, 3.8) is 0 Å². The minimum absolute atomic E-state index is 0.0623. The third kappa shape index (κ3) is 4.92. The van der Waals surface area contributed by atoms with Crippen LogP contribution in [0, 0.1) is 5.82 Å². The summed E-state index contributed by atoms with van der Waals surface area (Å²) in [5.41, 5.74) is 6.99. The van der Waals surface area contributed by atoms with Crippen LogP contribution in [0.25, 0.3) is 0 Å². The fourth-order valence-electron chi connectivity index (χ4n) is 2.05. The first-order valence-electron chi connectivity index (χ1n) is 7.39. The van der Waals surface area contributed by atoms with Gasteiger partial charge >= 0.3 is 0 Å². The van der Waals surface area contributed by atoms with E-state index in [9.17, 15) is 14.0 Å². The number of carbonyl (C=O) groups excluding carboxylic acids is 2. The minimum Gasteiger partial charge on any atom is -0.273 e. The van der Waals surface area contributed by atoms with Crippen LogP contribution in [0.4, 0.5) is 4.39 Å². The molecule has 0 aliphatic carbocycles. The molecule has 0 atom stereocenters. The topological polar surface area (TPSA) is 58.2 Å². The number of nitrogens with one attached hydrogen (secondary N) is 2. The molecular formula is C18H19FN2O2. The van der Waals surface area contributed by atoms with Gasteiger partial charge in [-0.1, -0.05) is 38.1 Å². The molecule has 2 N–H and O–H groups in total. The van der Waals surface area contributed by atoms with Gasteiger partial charge in [-0.05, 0) is 41.3 Å². The van der Waals surface area contributed by atoms with E-state index in [4.69, 9.17) is 0 Å². The molecule has 2 aromatic rings. The lowest BCUT2D eigenvalue weighted by molar-refractivity contribution is -0.121. The Labute approximate surface area is 134 Å². The smallest absolute Gasteiger partial charge is 0.269 e. The number of hydrogen-bond acceptors (Lipinski definition) is 2. The summed E-state index contributed by atoms with van der Waals surface area (Å²) in [4.78, 5) is 23.7. The molecule has 2 amide bonds. The fourth-order valence-corrected chi connectivity index (χ4v) is 2.05. The van der Waals surface area contributed by atoms with E-state index in [-0.39, 0.29) is 24.1 Å². The van der Waals surface area contributed by atoms with Crippen molar-refractivity contribution in [3.05, 3.63) is 71.0 Å². The number of carbonyl (C=O) groups is 2. The maximum Gasteiger partial charge on any atom is 0.269 e. The Morgan fingerprint density at radius 3 is 2.13 bits per heavy atom. The highest BCUT2D eigenvalue weighted by atomic mass is 19.1. The van der Waals surface area contributed by atoms with E-state index >= 15 is 0 Å². The molecule has 0 bridgehead atoms. The second-order valence-corrected chi connectivity index (χ2v) is 5.58. The SMILES string of the molecule is CC(C)c1ccc(C(=O)NNC(=O)Cc2ccc(F)cc2)cc1. The highest BCUT2D eigenvalue weighted by molar-refractivity contribution is 5.95. The van der Waals surface area contributed by atoms with Gasteiger partial charge < -0.3 is 0 Å². The normalized spacial score (nSPS) is 10.4. The van der Waals surface area contributed by atoms with Crippen molar-refractivity contribution >= 4 is 11.8 Å². The van der Waals surface area contributed by atoms with E-state index in [0.717, 1.165) is 5.56 Å². The zero-order valence-electron chi connectivity index (χ0n) is 13.1. The van der Waals surface area contributed by atoms with Gasteiger partial charge in [0.15, 0.2) is 0 Å². The lowest BCUT2D eigenvalue weighted by atomic mass is 10.0. The maximum absolute atomic E-state index is 12.8. The lowest BCUT2D eigenvalue weighted by Crippen LogP contribution is -2.42. The average molecular weight is 314 g/mol. The molecule has 0 spiro atoms. The van der Waals surface area contributed by atoms with E-state index in [1.807, 2.05) is 12.1 Å². The van der Waals surface area contributed by atoms with Crippen LogP contribution in [-0.2, 0) is 11.2 Å². The van der Waals surface area contributed by atoms with E-state index in [1.54, 1.807) is 12.1 Å². The number of rotatable bonds is 4. The molecule has 2 rings (SSSR count). The molecule has 0 saturated carbocycles. The minimum atomic E-state index is -0.382. The van der Waals surface area contributed by atoms with Crippen LogP contribution in [-0.4, -0.2) is 11.8 Å². The van der Waals surface area contributed by atoms with E-state index in [1.165, 1.54) is 24.3 Å². The van der Waals surface area contributed by atoms with Crippen LogP contribution in [0.5, 0.6) is 0 Å². The molecule has 0 aromatic heterocycles. The van der Waals surface area contributed by atoms with Crippen LogP contribution in [0.2, 0.25) is 0 Å². The van der Waals surface area contributed by atoms with Crippen molar-refractivity contribution in [1.82, 2.24) is 10.9 Å². The Morgan fingerprint density at radius 2 is 1.57 bits per heavy atom. The summed E-state index contributed by atoms with van der Waals surface area (Å²) < 4.78 is 12.8. The molecule has 2 aromatic carbocycles. The van der Waals surface area contributed by atoms with E-state index < -0.39 is 0 Å². The molecule has 0 aliphatic rings. The van der Waals surface area contributed by atoms with Gasteiger partial charge in [-0.15, -0.1) is 0 Å². The molecule has 0 heterocycles. The molecule has 23 heavy (non-hydrogen) atoms. The van der Waals surface area contributed by atoms with Gasteiger partial charge in [0.2, 0.25) is 5.91 Å². The molecule has 0 radical (unpaired) electrons. The molecule has 120 valence electrons. The molecule has 0 unspecified atom stereocenters. The van der Waals surface area contributed by atoms with Gasteiger partial charge in [0.1, 0.15) is 5.82 Å². The number of benzene rings is 2. The van der Waals surface area contributed by atoms with Crippen molar-refractivity contribution in [2.45, 2.75) is 26.2 Å². The van der Waals surface area contributed by atoms with Crippen molar-refractivity contribution in [3.8, 4) is 0 Å². The third-order valence-electron chi connectivity index (χ3n) is 3.43. The van der Waals surface area contributed by atoms with Crippen molar-refractivity contribution < 1.29 is 14.0 Å². The number of amides is 2. The zero-order chi connectivity index (χ0) is 16.8. The Bertz CT molecular complexity index is 679. The van der Waals surface area contributed by atoms with Crippen LogP contribution in [0.3, 0.4) is 0 Å². The summed E-state index contributed by atoms with van der Waals surface area (Å²) in [6.45, 7) is 4.15. The molecule has 0 saturated heterocycles. The summed E-state index contributed by atoms with van der Waals surface area (Å²) in [6, 6.07) is 12.9. The Kier molecular flexibility index (Phi) is 5.46. The summed E-state index contributed by atoms with van der Waals surface area (Å²) in [7, 11) is 0. The second kappa shape index (κ2) is 7.54. The van der Waals surface area contributed by atoms with E-state index in [2.05, 4.69) is 24.7 Å². The van der Waals surface area contributed by atoms with Crippen LogP contribution < -0.4 is 10.9 Å². The van der Waals surface area contributed by atoms with E-state index in [0.29, 0.717) is 17.0 Å². The Balaban J connectivity index is 1.85. The summed E-state index contributed by atoms with van der Waals surface area (Å²) in [6.07, 6.45) is 0.0623. The zero-order valence-corrected chi connectivity index (χ0v) is 13.1. The molecule has 0 fully saturated rings. The largest absolute Gasteiger partial charge is 0.273 e. The van der Waals surface area contributed by atoms with Crippen molar-refractivity contribution in [2.24, 2.45) is 0 Å². The highest BCUT2D eigenvalue weighted by Gasteiger charge is 2.09. The number of hydrazine groups is 1. The molecule has 4 nitrogen and oxygen atoms in total. The highest BCUT2D eigenvalue weighted by Crippen LogP contribution is 2.14. The Morgan fingerprint density at radius 1 is 0.957 bits per heavy atom. The van der Waals surface area contributed by atoms with Gasteiger partial charge in [-0.2, -0.15) is 0 Å². The van der Waals surface area contributed by atoms with Crippen LogP contribution >= 0.6 is 0 Å². The van der Waals surface area contributed by atoms with Gasteiger partial charge in [-0.25, -0.2) is 4.39 Å². The van der Waals surface area contributed by atoms with Crippen LogP contribution in [0.1, 0.15) is 41.3 Å². The third-order valence-corrected chi connectivity index (χ3v) is 3.43. The van der Waals surface area contributed by atoms with Gasteiger partial charge in [0, 0.05) is 5.56 Å². The number of halogens is 1. The first-order valence-corrected chi connectivity index (χ1v) is 7.39. The predicted molar refractivity (Wildman–Crippen MR) is 86.2 cm³/mol. The molecular weight excluding hydrogens is 295 g/mol. The quantitative estimate of drug-likeness (QED) is 0.853. The van der Waals surface area contributed by atoms with Gasteiger partial charge in [-0.3, -0.25) is 20.4 Å². The maximum atomic E-state index is 12.8. The average Bonchev–Trinajstić information content (AvgIpc) is 2.55. The van der Waals surface area contributed by atoms with Crippen molar-refractivity contribution in [2.75, 3.05) is 0 Å². The van der Waals surface area contributed by atoms with Gasteiger partial charge in [0.25, 0.3) is 5.91 Å². The first-order chi connectivity index (χ1) is 11.0. The van der Waals surface area contributed by atoms with Crippen LogP contribution in [0.15, 0.2) is 48.5 Å². The lowest BCUT2D eigenvalue weighted by Gasteiger charge is -2.09. The summed E-state index contributed by atoms with van der Waals surface area (Å²) in [5.74, 6) is -0.716. The summed E-state index contributed by atoms with van der Waals surface area (Å²) in [5, 5.41) is 0. The number of hydrogen-bond donors (Lipinski definition) is 2. The standard InChI is InChI=1S/C18H19FN2O2/c1-12(2)14-5-7-15(8-6-14)18(23)21-20-17(22)11-13-3-9-16(19)10-4-13/h3-10,12H,11H2,1-2H3,(H,20,22)(H,21,23). The second-order valence-electron chi connectivity index (χ2n) is 5.58. The Hall–Kier alpha value is -2.69. The van der Waals surface area contributed by atoms with Crippen molar-refractivity contribution in [1.29, 1.82) is 0 Å². The summed E-state index contributed by atoms with van der Waals surface area (Å²) >= 11 is 0.